The molecule has 4 heteroatoms. The Labute approximate surface area is 97.1 Å². The number of aryl methyl sites for hydroxylation is 1. The van der Waals surface area contributed by atoms with Crippen molar-refractivity contribution in [3.05, 3.63) is 47.7 Å². The van der Waals surface area contributed by atoms with E-state index in [0.29, 0.717) is 5.56 Å². The van der Waals surface area contributed by atoms with Crippen LogP contribution in [-0.4, -0.2) is 5.11 Å². The van der Waals surface area contributed by atoms with E-state index in [0.717, 1.165) is 15.6 Å². The van der Waals surface area contributed by atoms with Crippen molar-refractivity contribution in [2.24, 2.45) is 0 Å². The van der Waals surface area contributed by atoms with Crippen LogP contribution in [0.25, 0.3) is 0 Å². The van der Waals surface area contributed by atoms with Crippen LogP contribution in [-0.2, 0) is 6.61 Å². The van der Waals surface area contributed by atoms with Crippen LogP contribution < -0.4 is 0 Å². The summed E-state index contributed by atoms with van der Waals surface area (Å²) in [6.45, 7) is 1.70. The summed E-state index contributed by atoms with van der Waals surface area (Å²) in [5.41, 5.74) is 0.573. The first-order valence-corrected chi connectivity index (χ1v) is 5.63. The van der Waals surface area contributed by atoms with Gasteiger partial charge in [0.15, 0.2) is 0 Å². The molecule has 1 aromatic carbocycles. The Kier molecular flexibility index (Phi) is 3.31. The van der Waals surface area contributed by atoms with Crippen LogP contribution in [0, 0.1) is 12.7 Å². The monoisotopic (exact) mass is 238 g/mol. The Bertz CT molecular complexity index is 494. The summed E-state index contributed by atoms with van der Waals surface area (Å²) >= 11 is 1.42. The lowest BCUT2D eigenvalue weighted by Crippen LogP contribution is -1.86. The Hall–Kier alpha value is -1.26. The summed E-state index contributed by atoms with van der Waals surface area (Å²) < 4.78 is 18.4. The first-order chi connectivity index (χ1) is 7.69. The number of halogens is 1. The summed E-state index contributed by atoms with van der Waals surface area (Å²) in [6.07, 6.45) is 1.60. The molecule has 0 bridgehead atoms. The topological polar surface area (TPSA) is 33.4 Å². The van der Waals surface area contributed by atoms with E-state index in [1.165, 1.54) is 23.9 Å². The second-order valence-electron chi connectivity index (χ2n) is 3.40. The zero-order chi connectivity index (χ0) is 11.5. The van der Waals surface area contributed by atoms with E-state index < -0.39 is 0 Å². The molecule has 2 rings (SSSR count). The summed E-state index contributed by atoms with van der Waals surface area (Å²) in [7, 11) is 0. The highest BCUT2D eigenvalue weighted by atomic mass is 32.2. The first kappa shape index (κ1) is 11.2. The fourth-order valence-electron chi connectivity index (χ4n) is 1.38. The molecular formula is C12H11FO2S. The van der Waals surface area contributed by atoms with Gasteiger partial charge >= 0.3 is 0 Å². The minimum absolute atomic E-state index is 0.157. The number of aliphatic hydroxyl groups is 1. The van der Waals surface area contributed by atoms with Crippen molar-refractivity contribution in [1.82, 2.24) is 0 Å². The largest absolute Gasteiger partial charge is 0.468 e. The lowest BCUT2D eigenvalue weighted by molar-refractivity contribution is 0.281. The number of hydrogen-bond acceptors (Lipinski definition) is 3. The number of hydrogen-bond donors (Lipinski definition) is 1. The number of aliphatic hydroxyl groups excluding tert-OH is 1. The van der Waals surface area contributed by atoms with Crippen molar-refractivity contribution in [2.45, 2.75) is 23.3 Å². The predicted molar refractivity (Wildman–Crippen MR) is 59.9 cm³/mol. The van der Waals surface area contributed by atoms with Crippen LogP contribution in [0.2, 0.25) is 0 Å². The molecule has 0 aliphatic rings. The van der Waals surface area contributed by atoms with Gasteiger partial charge in [-0.25, -0.2) is 4.39 Å². The van der Waals surface area contributed by atoms with Crippen molar-refractivity contribution in [2.75, 3.05) is 0 Å². The minimum atomic E-state index is -0.338. The first-order valence-electron chi connectivity index (χ1n) is 4.81. The molecule has 0 saturated carbocycles. The van der Waals surface area contributed by atoms with Crippen molar-refractivity contribution in [3.63, 3.8) is 0 Å². The summed E-state index contributed by atoms with van der Waals surface area (Å²) in [6, 6.07) is 6.37. The number of furan rings is 1. The van der Waals surface area contributed by atoms with Crippen LogP contribution in [0.3, 0.4) is 0 Å². The fraction of sp³-hybridized carbons (Fsp3) is 0.167. The van der Waals surface area contributed by atoms with E-state index in [9.17, 15) is 4.39 Å². The lowest BCUT2D eigenvalue weighted by atomic mass is 10.2. The van der Waals surface area contributed by atoms with E-state index in [1.807, 2.05) is 13.0 Å². The predicted octanol–water partition coefficient (Wildman–Crippen LogP) is 3.37. The molecule has 0 amide bonds. The van der Waals surface area contributed by atoms with Gasteiger partial charge in [0, 0.05) is 4.90 Å². The van der Waals surface area contributed by atoms with E-state index in [1.54, 1.807) is 12.3 Å². The van der Waals surface area contributed by atoms with Crippen LogP contribution >= 0.6 is 11.8 Å². The Morgan fingerprint density at radius 1 is 1.38 bits per heavy atom. The molecule has 1 N–H and O–H groups in total. The van der Waals surface area contributed by atoms with E-state index in [-0.39, 0.29) is 12.4 Å². The van der Waals surface area contributed by atoms with Gasteiger partial charge in [0.25, 0.3) is 0 Å². The molecule has 0 unspecified atom stereocenters. The Balaban J connectivity index is 2.28. The van der Waals surface area contributed by atoms with Gasteiger partial charge in [-0.3, -0.25) is 0 Å². The van der Waals surface area contributed by atoms with E-state index >= 15 is 0 Å². The SMILES string of the molecule is Cc1occc1Sc1cc(F)cc(CO)c1. The molecule has 2 nitrogen and oxygen atoms in total. The average Bonchev–Trinajstić information content (AvgIpc) is 2.63. The zero-order valence-electron chi connectivity index (χ0n) is 8.74. The Morgan fingerprint density at radius 3 is 2.81 bits per heavy atom. The number of rotatable bonds is 3. The van der Waals surface area contributed by atoms with Crippen LogP contribution in [0.5, 0.6) is 0 Å². The highest BCUT2D eigenvalue weighted by Crippen LogP contribution is 2.31. The maximum atomic E-state index is 13.2. The summed E-state index contributed by atoms with van der Waals surface area (Å²) in [5.74, 6) is 0.468. The standard InChI is InChI=1S/C12H11FO2S/c1-8-12(2-3-15-8)16-11-5-9(7-14)4-10(13)6-11/h2-6,14H,7H2,1H3. The molecule has 2 aromatic rings. The van der Waals surface area contributed by atoms with Crippen molar-refractivity contribution in [1.29, 1.82) is 0 Å². The second kappa shape index (κ2) is 4.72. The van der Waals surface area contributed by atoms with Crippen LogP contribution in [0.1, 0.15) is 11.3 Å². The van der Waals surface area contributed by atoms with Gasteiger partial charge in [-0.15, -0.1) is 0 Å². The zero-order valence-corrected chi connectivity index (χ0v) is 9.55. The van der Waals surface area contributed by atoms with Crippen molar-refractivity contribution < 1.29 is 13.9 Å². The van der Waals surface area contributed by atoms with Crippen LogP contribution in [0.15, 0.2) is 44.7 Å². The third-order valence-corrected chi connectivity index (χ3v) is 3.27. The second-order valence-corrected chi connectivity index (χ2v) is 4.51. The molecule has 0 atom stereocenters. The van der Waals surface area contributed by atoms with Crippen molar-refractivity contribution >= 4 is 11.8 Å². The Morgan fingerprint density at radius 2 is 2.19 bits per heavy atom. The van der Waals surface area contributed by atoms with Crippen LogP contribution in [0.4, 0.5) is 4.39 Å². The molecule has 0 spiro atoms. The van der Waals surface area contributed by atoms with Gasteiger partial charge in [-0.2, -0.15) is 0 Å². The third-order valence-electron chi connectivity index (χ3n) is 2.15. The maximum absolute atomic E-state index is 13.2. The molecule has 1 aromatic heterocycles. The van der Waals surface area contributed by atoms with Gasteiger partial charge in [0.1, 0.15) is 11.6 Å². The highest BCUT2D eigenvalue weighted by molar-refractivity contribution is 7.99. The molecule has 0 fully saturated rings. The summed E-state index contributed by atoms with van der Waals surface area (Å²) in [5, 5.41) is 8.97. The van der Waals surface area contributed by atoms with Gasteiger partial charge in [-0.05, 0) is 36.8 Å². The molecule has 0 aliphatic carbocycles. The van der Waals surface area contributed by atoms with Gasteiger partial charge < -0.3 is 9.52 Å². The van der Waals surface area contributed by atoms with Gasteiger partial charge in [-0.1, -0.05) is 11.8 Å². The quantitative estimate of drug-likeness (QED) is 0.890. The molecule has 84 valence electrons. The number of benzene rings is 1. The van der Waals surface area contributed by atoms with E-state index in [2.05, 4.69) is 0 Å². The smallest absolute Gasteiger partial charge is 0.124 e. The lowest BCUT2D eigenvalue weighted by Gasteiger charge is -2.03. The average molecular weight is 238 g/mol. The van der Waals surface area contributed by atoms with Gasteiger partial charge in [0.05, 0.1) is 17.8 Å². The molecule has 16 heavy (non-hydrogen) atoms. The summed E-state index contributed by atoms with van der Waals surface area (Å²) in [4.78, 5) is 1.71. The highest BCUT2D eigenvalue weighted by Gasteiger charge is 2.06. The normalized spacial score (nSPS) is 10.7. The van der Waals surface area contributed by atoms with Gasteiger partial charge in [0.2, 0.25) is 0 Å². The molecule has 0 saturated heterocycles. The van der Waals surface area contributed by atoms with Crippen molar-refractivity contribution in [3.8, 4) is 0 Å². The molecule has 0 radical (unpaired) electrons. The maximum Gasteiger partial charge on any atom is 0.124 e. The minimum Gasteiger partial charge on any atom is -0.468 e. The third kappa shape index (κ3) is 2.46. The molecular weight excluding hydrogens is 227 g/mol. The van der Waals surface area contributed by atoms with E-state index in [4.69, 9.17) is 9.52 Å². The molecule has 1 heterocycles. The fourth-order valence-corrected chi connectivity index (χ4v) is 2.33. The molecule has 0 aliphatic heterocycles.